The second kappa shape index (κ2) is 9.51. The highest BCUT2D eigenvalue weighted by atomic mass is 16.5. The molecule has 1 fully saturated rings. The van der Waals surface area contributed by atoms with Gasteiger partial charge >= 0.3 is 5.97 Å². The number of oxazole rings is 1. The number of piperazine rings is 1. The molecule has 8 heteroatoms. The summed E-state index contributed by atoms with van der Waals surface area (Å²) in [6.07, 6.45) is 0.452. The van der Waals surface area contributed by atoms with Gasteiger partial charge in [0.2, 0.25) is 0 Å². The van der Waals surface area contributed by atoms with Crippen molar-refractivity contribution in [3.8, 4) is 5.75 Å². The number of methoxy groups -OCH3 is 1. The second-order valence-electron chi connectivity index (χ2n) is 7.30. The van der Waals surface area contributed by atoms with E-state index in [4.69, 9.17) is 13.9 Å². The minimum atomic E-state index is -0.438. The predicted molar refractivity (Wildman–Crippen MR) is 115 cm³/mol. The second-order valence-corrected chi connectivity index (χ2v) is 7.30. The summed E-state index contributed by atoms with van der Waals surface area (Å²) in [5.41, 5.74) is 2.54. The smallest absolute Gasteiger partial charge is 0.306 e. The van der Waals surface area contributed by atoms with Crippen LogP contribution in [-0.2, 0) is 20.7 Å². The third-order valence-corrected chi connectivity index (χ3v) is 5.31. The van der Waals surface area contributed by atoms with E-state index >= 15 is 0 Å². The number of carbonyl (C=O) groups excluding carboxylic acids is 2. The number of benzene rings is 2. The number of nitrogens with zero attached hydrogens (tertiary/aromatic N) is 3. The summed E-state index contributed by atoms with van der Waals surface area (Å²) < 4.78 is 15.9. The Morgan fingerprint density at radius 3 is 2.48 bits per heavy atom. The van der Waals surface area contributed by atoms with E-state index < -0.39 is 5.97 Å². The fourth-order valence-electron chi connectivity index (χ4n) is 3.55. The molecule has 0 saturated carbocycles. The monoisotopic (exact) mass is 423 g/mol. The first-order chi connectivity index (χ1) is 15.1. The SMILES string of the molecule is COc1ccc(N2CCN(C(=O)COC(=O)CCc3nc4ccccc4o3)CC2)cc1. The molecular weight excluding hydrogens is 398 g/mol. The lowest BCUT2D eigenvalue weighted by Gasteiger charge is -2.36. The Morgan fingerprint density at radius 2 is 1.77 bits per heavy atom. The van der Waals surface area contributed by atoms with Crippen LogP contribution in [0.15, 0.2) is 52.9 Å². The Hall–Kier alpha value is -3.55. The summed E-state index contributed by atoms with van der Waals surface area (Å²) in [7, 11) is 1.64. The normalized spacial score (nSPS) is 14.0. The van der Waals surface area contributed by atoms with E-state index in [0.29, 0.717) is 31.0 Å². The maximum atomic E-state index is 12.4. The highest BCUT2D eigenvalue weighted by molar-refractivity contribution is 5.81. The number of anilines is 1. The number of hydrogen-bond donors (Lipinski definition) is 0. The van der Waals surface area contributed by atoms with Gasteiger partial charge in [0.25, 0.3) is 5.91 Å². The summed E-state index contributed by atoms with van der Waals surface area (Å²) in [4.78, 5) is 32.7. The van der Waals surface area contributed by atoms with Gasteiger partial charge in [-0.05, 0) is 36.4 Å². The van der Waals surface area contributed by atoms with Crippen molar-refractivity contribution in [2.75, 3.05) is 44.8 Å². The number of para-hydroxylation sites is 2. The molecular formula is C23H25N3O5. The number of esters is 1. The number of aryl methyl sites for hydroxylation is 1. The number of hydrogen-bond acceptors (Lipinski definition) is 7. The fraction of sp³-hybridized carbons (Fsp3) is 0.348. The first kappa shape index (κ1) is 20.7. The average Bonchev–Trinajstić information content (AvgIpc) is 3.24. The van der Waals surface area contributed by atoms with E-state index in [-0.39, 0.29) is 18.9 Å². The minimum absolute atomic E-state index is 0.116. The van der Waals surface area contributed by atoms with Crippen molar-refractivity contribution in [2.24, 2.45) is 0 Å². The molecule has 0 N–H and O–H groups in total. The molecule has 1 aliphatic heterocycles. The van der Waals surface area contributed by atoms with Gasteiger partial charge in [0.15, 0.2) is 18.1 Å². The van der Waals surface area contributed by atoms with Crippen molar-refractivity contribution >= 4 is 28.7 Å². The zero-order valence-corrected chi connectivity index (χ0v) is 17.5. The van der Waals surface area contributed by atoms with Crippen molar-refractivity contribution in [2.45, 2.75) is 12.8 Å². The van der Waals surface area contributed by atoms with Crippen LogP contribution in [0.25, 0.3) is 11.1 Å². The van der Waals surface area contributed by atoms with Crippen LogP contribution in [-0.4, -0.2) is 61.7 Å². The topological polar surface area (TPSA) is 85.1 Å². The molecule has 0 radical (unpaired) electrons. The quantitative estimate of drug-likeness (QED) is 0.540. The van der Waals surface area contributed by atoms with E-state index in [1.165, 1.54) is 0 Å². The molecule has 1 aromatic heterocycles. The van der Waals surface area contributed by atoms with E-state index in [2.05, 4.69) is 9.88 Å². The van der Waals surface area contributed by atoms with Crippen LogP contribution in [0.1, 0.15) is 12.3 Å². The molecule has 2 heterocycles. The number of fused-ring (bicyclic) bond motifs is 1. The lowest BCUT2D eigenvalue weighted by atomic mass is 10.2. The van der Waals surface area contributed by atoms with Gasteiger partial charge in [-0.25, -0.2) is 4.98 Å². The maximum absolute atomic E-state index is 12.4. The third kappa shape index (κ3) is 5.14. The summed E-state index contributed by atoms with van der Waals surface area (Å²) in [5.74, 6) is 0.687. The number of ether oxygens (including phenoxy) is 2. The van der Waals surface area contributed by atoms with Gasteiger partial charge in [-0.1, -0.05) is 12.1 Å². The minimum Gasteiger partial charge on any atom is -0.497 e. The van der Waals surface area contributed by atoms with Crippen molar-refractivity contribution in [1.82, 2.24) is 9.88 Å². The number of aromatic nitrogens is 1. The Labute approximate surface area is 180 Å². The van der Waals surface area contributed by atoms with Crippen LogP contribution >= 0.6 is 0 Å². The lowest BCUT2D eigenvalue weighted by molar-refractivity contribution is -0.152. The zero-order valence-electron chi connectivity index (χ0n) is 17.5. The number of amides is 1. The van der Waals surface area contributed by atoms with Crippen molar-refractivity contribution in [3.63, 3.8) is 0 Å². The fourth-order valence-corrected chi connectivity index (χ4v) is 3.55. The highest BCUT2D eigenvalue weighted by Crippen LogP contribution is 2.20. The first-order valence-corrected chi connectivity index (χ1v) is 10.3. The van der Waals surface area contributed by atoms with Gasteiger partial charge < -0.3 is 23.7 Å². The molecule has 0 spiro atoms. The molecule has 1 saturated heterocycles. The standard InChI is InChI=1S/C23H25N3O5/c1-29-18-8-6-17(7-9-18)25-12-14-26(15-13-25)22(27)16-30-23(28)11-10-21-24-19-4-2-3-5-20(19)31-21/h2-9H,10-16H2,1H3. The van der Waals surface area contributed by atoms with Crippen LogP contribution in [0, 0.1) is 0 Å². The van der Waals surface area contributed by atoms with Crippen LogP contribution in [0.5, 0.6) is 5.75 Å². The molecule has 0 atom stereocenters. The van der Waals surface area contributed by atoms with E-state index in [1.807, 2.05) is 48.5 Å². The molecule has 2 aromatic carbocycles. The van der Waals surface area contributed by atoms with Gasteiger partial charge in [0, 0.05) is 38.3 Å². The molecule has 31 heavy (non-hydrogen) atoms. The van der Waals surface area contributed by atoms with Crippen molar-refractivity contribution in [3.05, 3.63) is 54.4 Å². The van der Waals surface area contributed by atoms with Gasteiger partial charge in [-0.15, -0.1) is 0 Å². The van der Waals surface area contributed by atoms with Crippen LogP contribution in [0.2, 0.25) is 0 Å². The summed E-state index contributed by atoms with van der Waals surface area (Å²) in [6.45, 7) is 2.39. The molecule has 0 unspecified atom stereocenters. The molecule has 4 rings (SSSR count). The third-order valence-electron chi connectivity index (χ3n) is 5.31. The van der Waals surface area contributed by atoms with Gasteiger partial charge in [-0.2, -0.15) is 0 Å². The Morgan fingerprint density at radius 1 is 1.03 bits per heavy atom. The Kier molecular flexibility index (Phi) is 6.35. The molecule has 1 amide bonds. The average molecular weight is 423 g/mol. The Balaban J connectivity index is 1.18. The molecule has 0 aliphatic carbocycles. The first-order valence-electron chi connectivity index (χ1n) is 10.3. The summed E-state index contributed by atoms with van der Waals surface area (Å²) in [5, 5.41) is 0. The maximum Gasteiger partial charge on any atom is 0.306 e. The lowest BCUT2D eigenvalue weighted by Crippen LogP contribution is -2.49. The van der Waals surface area contributed by atoms with E-state index in [0.717, 1.165) is 30.0 Å². The van der Waals surface area contributed by atoms with E-state index in [9.17, 15) is 9.59 Å². The summed E-state index contributed by atoms with van der Waals surface area (Å²) >= 11 is 0. The molecule has 8 nitrogen and oxygen atoms in total. The van der Waals surface area contributed by atoms with Crippen LogP contribution in [0.3, 0.4) is 0 Å². The van der Waals surface area contributed by atoms with E-state index in [1.54, 1.807) is 12.0 Å². The van der Waals surface area contributed by atoms with Crippen LogP contribution < -0.4 is 9.64 Å². The molecule has 1 aliphatic rings. The van der Waals surface area contributed by atoms with Crippen molar-refractivity contribution in [1.29, 1.82) is 0 Å². The predicted octanol–water partition coefficient (Wildman–Crippen LogP) is 2.66. The largest absolute Gasteiger partial charge is 0.497 e. The Bertz CT molecular complexity index is 1010. The van der Waals surface area contributed by atoms with Gasteiger partial charge in [-0.3, -0.25) is 9.59 Å². The number of rotatable bonds is 7. The van der Waals surface area contributed by atoms with Crippen LogP contribution in [0.4, 0.5) is 5.69 Å². The molecule has 162 valence electrons. The number of carbonyl (C=O) groups is 2. The summed E-state index contributed by atoms with van der Waals surface area (Å²) in [6, 6.07) is 15.3. The molecule has 0 bridgehead atoms. The zero-order chi connectivity index (χ0) is 21.6. The molecule has 3 aromatic rings. The van der Waals surface area contributed by atoms with Gasteiger partial charge in [0.1, 0.15) is 11.3 Å². The highest BCUT2D eigenvalue weighted by Gasteiger charge is 2.22. The van der Waals surface area contributed by atoms with Gasteiger partial charge in [0.05, 0.1) is 13.5 Å². The van der Waals surface area contributed by atoms with Crippen molar-refractivity contribution < 1.29 is 23.5 Å².